The Hall–Kier alpha value is -1.57. The number of hydrogen-bond acceptors (Lipinski definition) is 1. The van der Waals surface area contributed by atoms with Gasteiger partial charge in [-0.3, -0.25) is 4.79 Å². The second kappa shape index (κ2) is 3.66. The van der Waals surface area contributed by atoms with Crippen molar-refractivity contribution in [3.05, 3.63) is 42.0 Å². The van der Waals surface area contributed by atoms with Gasteiger partial charge in [-0.25, -0.2) is 0 Å². The van der Waals surface area contributed by atoms with Crippen LogP contribution >= 0.6 is 0 Å². The summed E-state index contributed by atoms with van der Waals surface area (Å²) < 4.78 is 0. The molecule has 0 bridgehead atoms. The molecular formula is C12H13NO. The first-order valence-corrected chi connectivity index (χ1v) is 4.81. The topological polar surface area (TPSA) is 29.1 Å². The first kappa shape index (κ1) is 9.00. The highest BCUT2D eigenvalue weighted by Gasteiger charge is 2.32. The molecule has 2 nitrogen and oxygen atoms in total. The molecule has 1 N–H and O–H groups in total. The minimum absolute atomic E-state index is 0.120. The number of carbonyl (C=O) groups excluding carboxylic acids is 1. The molecule has 2 atom stereocenters. The third-order valence-electron chi connectivity index (χ3n) is 2.56. The molecule has 0 saturated carbocycles. The molecule has 0 aromatic heterocycles. The van der Waals surface area contributed by atoms with Gasteiger partial charge in [0.05, 0.1) is 12.0 Å². The maximum absolute atomic E-state index is 10.9. The van der Waals surface area contributed by atoms with E-state index >= 15 is 0 Å². The molecule has 1 amide bonds. The third-order valence-corrected chi connectivity index (χ3v) is 2.56. The van der Waals surface area contributed by atoms with Gasteiger partial charge in [0.15, 0.2) is 0 Å². The molecular weight excluding hydrogens is 174 g/mol. The summed E-state index contributed by atoms with van der Waals surface area (Å²) in [7, 11) is 0. The molecule has 72 valence electrons. The van der Waals surface area contributed by atoms with E-state index in [-0.39, 0.29) is 17.9 Å². The number of β-lactam (4-membered cyclic amide) rings is 1. The van der Waals surface area contributed by atoms with Crippen LogP contribution in [-0.4, -0.2) is 11.9 Å². The maximum atomic E-state index is 10.9. The van der Waals surface area contributed by atoms with Crippen LogP contribution in [0.4, 0.5) is 0 Å². The van der Waals surface area contributed by atoms with Gasteiger partial charge in [0, 0.05) is 0 Å². The van der Waals surface area contributed by atoms with Crippen LogP contribution in [0.5, 0.6) is 0 Å². The van der Waals surface area contributed by atoms with Crippen LogP contribution in [0.15, 0.2) is 36.4 Å². The van der Waals surface area contributed by atoms with E-state index in [0.717, 1.165) is 0 Å². The summed E-state index contributed by atoms with van der Waals surface area (Å²) in [5.41, 5.74) is 1.17. The van der Waals surface area contributed by atoms with Crippen molar-refractivity contribution >= 4 is 12.0 Å². The van der Waals surface area contributed by atoms with Gasteiger partial charge in [-0.2, -0.15) is 0 Å². The highest BCUT2D eigenvalue weighted by atomic mass is 16.2. The molecule has 1 saturated heterocycles. The monoisotopic (exact) mass is 187 g/mol. The summed E-state index contributed by atoms with van der Waals surface area (Å²) >= 11 is 0. The van der Waals surface area contributed by atoms with Crippen molar-refractivity contribution in [3.8, 4) is 0 Å². The fourth-order valence-corrected chi connectivity index (χ4v) is 1.48. The first-order chi connectivity index (χ1) is 6.77. The second-order valence-electron chi connectivity index (χ2n) is 3.59. The standard InChI is InChI=1S/C12H13NO/c1-9-11(13-12(9)14)8-7-10-5-3-2-4-6-10/h2-9,11H,1H3,(H,13,14)/t9-,11+/m1/s1. The smallest absolute Gasteiger partial charge is 0.225 e. The Balaban J connectivity index is 1.99. The first-order valence-electron chi connectivity index (χ1n) is 4.81. The normalized spacial score (nSPS) is 25.9. The molecule has 1 aromatic carbocycles. The van der Waals surface area contributed by atoms with Crippen molar-refractivity contribution in [2.24, 2.45) is 5.92 Å². The lowest BCUT2D eigenvalue weighted by atomic mass is 9.92. The van der Waals surface area contributed by atoms with Gasteiger partial charge in [0.2, 0.25) is 5.91 Å². The fraction of sp³-hybridized carbons (Fsp3) is 0.250. The number of nitrogens with one attached hydrogen (secondary N) is 1. The fourth-order valence-electron chi connectivity index (χ4n) is 1.48. The molecule has 0 unspecified atom stereocenters. The maximum Gasteiger partial charge on any atom is 0.225 e. The Labute approximate surface area is 83.6 Å². The number of rotatable bonds is 2. The minimum Gasteiger partial charge on any atom is -0.349 e. The van der Waals surface area contributed by atoms with Crippen molar-refractivity contribution in [2.75, 3.05) is 0 Å². The summed E-state index contributed by atoms with van der Waals surface area (Å²) in [6, 6.07) is 10.3. The van der Waals surface area contributed by atoms with E-state index in [0.29, 0.717) is 0 Å². The number of carbonyl (C=O) groups is 1. The molecule has 1 heterocycles. The zero-order chi connectivity index (χ0) is 9.97. The van der Waals surface area contributed by atoms with Gasteiger partial charge in [-0.1, -0.05) is 49.4 Å². The molecule has 2 rings (SSSR count). The molecule has 2 heteroatoms. The van der Waals surface area contributed by atoms with Crippen molar-refractivity contribution < 1.29 is 4.79 Å². The molecule has 0 aliphatic carbocycles. The Morgan fingerprint density at radius 3 is 2.57 bits per heavy atom. The zero-order valence-electron chi connectivity index (χ0n) is 8.10. The summed E-state index contributed by atoms with van der Waals surface area (Å²) in [6.45, 7) is 1.94. The predicted octanol–water partition coefficient (Wildman–Crippen LogP) is 1.83. The van der Waals surface area contributed by atoms with Gasteiger partial charge < -0.3 is 5.32 Å². The Kier molecular flexibility index (Phi) is 2.35. The molecule has 1 aliphatic heterocycles. The quantitative estimate of drug-likeness (QED) is 0.703. The summed E-state index contributed by atoms with van der Waals surface area (Å²) in [5, 5.41) is 2.84. The molecule has 1 fully saturated rings. The molecule has 1 aromatic rings. The highest BCUT2D eigenvalue weighted by molar-refractivity contribution is 5.86. The van der Waals surface area contributed by atoms with Crippen LogP contribution in [0, 0.1) is 5.92 Å². The van der Waals surface area contributed by atoms with E-state index in [1.807, 2.05) is 49.4 Å². The van der Waals surface area contributed by atoms with E-state index in [1.165, 1.54) is 5.56 Å². The van der Waals surface area contributed by atoms with Gasteiger partial charge in [-0.05, 0) is 5.56 Å². The minimum atomic E-state index is 0.120. The summed E-state index contributed by atoms with van der Waals surface area (Å²) in [6.07, 6.45) is 4.09. The molecule has 14 heavy (non-hydrogen) atoms. The Bertz CT molecular complexity index is 356. The van der Waals surface area contributed by atoms with Crippen LogP contribution in [-0.2, 0) is 4.79 Å². The van der Waals surface area contributed by atoms with Crippen molar-refractivity contribution in [3.63, 3.8) is 0 Å². The average molecular weight is 187 g/mol. The SMILES string of the molecule is C[C@H]1C(=O)N[C@H]1C=Cc1ccccc1. The van der Waals surface area contributed by atoms with Crippen molar-refractivity contribution in [2.45, 2.75) is 13.0 Å². The Morgan fingerprint density at radius 2 is 2.00 bits per heavy atom. The molecule has 1 aliphatic rings. The van der Waals surface area contributed by atoms with Gasteiger partial charge in [-0.15, -0.1) is 0 Å². The third kappa shape index (κ3) is 1.69. The van der Waals surface area contributed by atoms with Crippen LogP contribution in [0.1, 0.15) is 12.5 Å². The van der Waals surface area contributed by atoms with E-state index < -0.39 is 0 Å². The van der Waals surface area contributed by atoms with E-state index in [1.54, 1.807) is 0 Å². The van der Waals surface area contributed by atoms with Gasteiger partial charge in [0.1, 0.15) is 0 Å². The second-order valence-corrected chi connectivity index (χ2v) is 3.59. The van der Waals surface area contributed by atoms with E-state index in [4.69, 9.17) is 0 Å². The van der Waals surface area contributed by atoms with Crippen LogP contribution < -0.4 is 5.32 Å². The molecule has 0 spiro atoms. The lowest BCUT2D eigenvalue weighted by Crippen LogP contribution is -2.55. The zero-order valence-corrected chi connectivity index (χ0v) is 8.10. The number of amides is 1. The summed E-state index contributed by atoms with van der Waals surface area (Å²) in [5.74, 6) is 0.266. The van der Waals surface area contributed by atoms with Crippen LogP contribution in [0.3, 0.4) is 0 Å². The lowest BCUT2D eigenvalue weighted by molar-refractivity contribution is -0.132. The predicted molar refractivity (Wildman–Crippen MR) is 56.6 cm³/mol. The van der Waals surface area contributed by atoms with Gasteiger partial charge in [0.25, 0.3) is 0 Å². The van der Waals surface area contributed by atoms with Crippen molar-refractivity contribution in [1.29, 1.82) is 0 Å². The summed E-state index contributed by atoms with van der Waals surface area (Å²) in [4.78, 5) is 10.9. The van der Waals surface area contributed by atoms with E-state index in [9.17, 15) is 4.79 Å². The van der Waals surface area contributed by atoms with Gasteiger partial charge >= 0.3 is 0 Å². The largest absolute Gasteiger partial charge is 0.349 e. The molecule has 0 radical (unpaired) electrons. The number of benzene rings is 1. The Morgan fingerprint density at radius 1 is 1.29 bits per heavy atom. The lowest BCUT2D eigenvalue weighted by Gasteiger charge is -2.31. The highest BCUT2D eigenvalue weighted by Crippen LogP contribution is 2.16. The van der Waals surface area contributed by atoms with Crippen LogP contribution in [0.2, 0.25) is 0 Å². The number of hydrogen-bond donors (Lipinski definition) is 1. The van der Waals surface area contributed by atoms with Crippen molar-refractivity contribution in [1.82, 2.24) is 5.32 Å². The van der Waals surface area contributed by atoms with Crippen LogP contribution in [0.25, 0.3) is 6.08 Å². The van der Waals surface area contributed by atoms with E-state index in [2.05, 4.69) is 5.32 Å². The average Bonchev–Trinajstić information content (AvgIpc) is 2.25.